The average molecular weight is 276 g/mol. The van der Waals surface area contributed by atoms with E-state index in [1.54, 1.807) is 6.20 Å². The maximum Gasteiger partial charge on any atom is 0.265 e. The Bertz CT molecular complexity index is 396. The standard InChI is InChI=1S/C11H17N3OS.ClH/c1-7-6-14(4-3-9(7)12)11(15)10-5-13-8(2)16-10;/h5,7,9H,3-4,6,12H2,1-2H3;1H. The fourth-order valence-electron chi connectivity index (χ4n) is 1.96. The summed E-state index contributed by atoms with van der Waals surface area (Å²) in [5.74, 6) is 0.482. The summed E-state index contributed by atoms with van der Waals surface area (Å²) in [7, 11) is 0. The molecule has 2 N–H and O–H groups in total. The second-order valence-electron chi connectivity index (χ2n) is 4.42. The average Bonchev–Trinajstić information content (AvgIpc) is 2.68. The number of rotatable bonds is 1. The van der Waals surface area contributed by atoms with Crippen LogP contribution in [0.15, 0.2) is 6.20 Å². The normalized spacial score (nSPS) is 24.3. The van der Waals surface area contributed by atoms with Gasteiger partial charge in [0.15, 0.2) is 0 Å². The molecular weight excluding hydrogens is 258 g/mol. The van der Waals surface area contributed by atoms with Gasteiger partial charge in [0.1, 0.15) is 4.88 Å². The maximum atomic E-state index is 12.1. The molecule has 1 aromatic heterocycles. The van der Waals surface area contributed by atoms with Crippen LogP contribution < -0.4 is 5.73 Å². The molecule has 1 aromatic rings. The molecule has 2 atom stereocenters. The van der Waals surface area contributed by atoms with E-state index in [1.807, 2.05) is 11.8 Å². The van der Waals surface area contributed by atoms with Crippen LogP contribution in [0.5, 0.6) is 0 Å². The number of nitrogens with two attached hydrogens (primary N) is 1. The lowest BCUT2D eigenvalue weighted by molar-refractivity contribution is 0.0669. The number of amides is 1. The van der Waals surface area contributed by atoms with E-state index in [0.717, 1.165) is 29.4 Å². The minimum Gasteiger partial charge on any atom is -0.338 e. The highest BCUT2D eigenvalue weighted by atomic mass is 35.5. The quantitative estimate of drug-likeness (QED) is 0.848. The Morgan fingerprint density at radius 3 is 2.88 bits per heavy atom. The molecule has 1 fully saturated rings. The van der Waals surface area contributed by atoms with Crippen LogP contribution in [0.25, 0.3) is 0 Å². The number of hydrogen-bond acceptors (Lipinski definition) is 4. The lowest BCUT2D eigenvalue weighted by Crippen LogP contribution is -2.48. The van der Waals surface area contributed by atoms with Gasteiger partial charge in [-0.1, -0.05) is 6.92 Å². The molecular formula is C11H18ClN3OS. The summed E-state index contributed by atoms with van der Waals surface area (Å²) in [5.41, 5.74) is 5.94. The molecule has 0 saturated carbocycles. The lowest BCUT2D eigenvalue weighted by atomic mass is 9.95. The van der Waals surface area contributed by atoms with Crippen LogP contribution in [-0.4, -0.2) is 34.9 Å². The van der Waals surface area contributed by atoms with Gasteiger partial charge in [-0.2, -0.15) is 0 Å². The van der Waals surface area contributed by atoms with Gasteiger partial charge in [0.25, 0.3) is 5.91 Å². The molecule has 2 heterocycles. The van der Waals surface area contributed by atoms with Crippen molar-refractivity contribution in [3.05, 3.63) is 16.1 Å². The molecule has 2 unspecified atom stereocenters. The third-order valence-electron chi connectivity index (χ3n) is 3.09. The first kappa shape index (κ1) is 14.4. The Balaban J connectivity index is 0.00000144. The number of hydrogen-bond donors (Lipinski definition) is 1. The zero-order valence-corrected chi connectivity index (χ0v) is 11.7. The van der Waals surface area contributed by atoms with Gasteiger partial charge in [0.05, 0.1) is 11.2 Å². The molecule has 17 heavy (non-hydrogen) atoms. The monoisotopic (exact) mass is 275 g/mol. The number of thiazole rings is 1. The van der Waals surface area contributed by atoms with Gasteiger partial charge in [-0.25, -0.2) is 4.98 Å². The molecule has 0 spiro atoms. The first-order valence-electron chi connectivity index (χ1n) is 5.55. The summed E-state index contributed by atoms with van der Waals surface area (Å²) in [6.07, 6.45) is 2.56. The number of halogens is 1. The van der Waals surface area contributed by atoms with Crippen molar-refractivity contribution >= 4 is 29.7 Å². The van der Waals surface area contributed by atoms with E-state index < -0.39 is 0 Å². The number of nitrogens with zero attached hydrogens (tertiary/aromatic N) is 2. The van der Waals surface area contributed by atoms with Crippen LogP contribution in [0.2, 0.25) is 0 Å². The van der Waals surface area contributed by atoms with Crippen molar-refractivity contribution in [1.82, 2.24) is 9.88 Å². The van der Waals surface area contributed by atoms with E-state index in [0.29, 0.717) is 5.92 Å². The van der Waals surface area contributed by atoms with Crippen LogP contribution in [0.3, 0.4) is 0 Å². The molecule has 0 aromatic carbocycles. The lowest BCUT2D eigenvalue weighted by Gasteiger charge is -2.34. The van der Waals surface area contributed by atoms with Crippen LogP contribution in [0, 0.1) is 12.8 Å². The van der Waals surface area contributed by atoms with Crippen molar-refractivity contribution < 1.29 is 4.79 Å². The van der Waals surface area contributed by atoms with E-state index in [4.69, 9.17) is 5.73 Å². The summed E-state index contributed by atoms with van der Waals surface area (Å²) >= 11 is 1.46. The minimum atomic E-state index is 0. The predicted molar refractivity (Wildman–Crippen MR) is 71.8 cm³/mol. The SMILES string of the molecule is Cc1ncc(C(=O)N2CCC(N)C(C)C2)s1.Cl. The van der Waals surface area contributed by atoms with E-state index in [1.165, 1.54) is 11.3 Å². The number of aryl methyl sites for hydroxylation is 1. The summed E-state index contributed by atoms with van der Waals surface area (Å²) in [5, 5.41) is 0.935. The Kier molecular flexibility index (Phi) is 4.91. The first-order valence-corrected chi connectivity index (χ1v) is 6.37. The smallest absolute Gasteiger partial charge is 0.265 e. The van der Waals surface area contributed by atoms with Gasteiger partial charge in [0.2, 0.25) is 0 Å². The van der Waals surface area contributed by atoms with Gasteiger partial charge in [-0.15, -0.1) is 23.7 Å². The van der Waals surface area contributed by atoms with Gasteiger partial charge in [0, 0.05) is 19.1 Å². The highest BCUT2D eigenvalue weighted by Gasteiger charge is 2.27. The molecule has 1 saturated heterocycles. The van der Waals surface area contributed by atoms with Gasteiger partial charge in [-0.05, 0) is 19.3 Å². The van der Waals surface area contributed by atoms with Gasteiger partial charge >= 0.3 is 0 Å². The molecule has 96 valence electrons. The first-order chi connectivity index (χ1) is 7.58. The molecule has 6 heteroatoms. The van der Waals surface area contributed by atoms with Crippen molar-refractivity contribution in [2.45, 2.75) is 26.3 Å². The third-order valence-corrected chi connectivity index (χ3v) is 3.99. The van der Waals surface area contributed by atoms with Crippen LogP contribution in [0.1, 0.15) is 28.0 Å². The molecule has 4 nitrogen and oxygen atoms in total. The number of aromatic nitrogens is 1. The van der Waals surface area contributed by atoms with Crippen LogP contribution >= 0.6 is 23.7 Å². The Labute approximate surface area is 112 Å². The zero-order valence-electron chi connectivity index (χ0n) is 10.0. The zero-order chi connectivity index (χ0) is 11.7. The number of likely N-dealkylation sites (tertiary alicyclic amines) is 1. The minimum absolute atomic E-state index is 0. The topological polar surface area (TPSA) is 59.2 Å². The number of carbonyl (C=O) groups excluding carboxylic acids is 1. The fourth-order valence-corrected chi connectivity index (χ4v) is 2.71. The largest absolute Gasteiger partial charge is 0.338 e. The Morgan fingerprint density at radius 1 is 1.65 bits per heavy atom. The summed E-state index contributed by atoms with van der Waals surface area (Å²) in [4.78, 5) is 18.9. The second-order valence-corrected chi connectivity index (χ2v) is 5.66. The van der Waals surface area contributed by atoms with E-state index in [-0.39, 0.29) is 24.4 Å². The van der Waals surface area contributed by atoms with Crippen molar-refractivity contribution in [3.8, 4) is 0 Å². The summed E-state index contributed by atoms with van der Waals surface area (Å²) in [6.45, 7) is 5.54. The van der Waals surface area contributed by atoms with Gasteiger partial charge < -0.3 is 10.6 Å². The highest BCUT2D eigenvalue weighted by molar-refractivity contribution is 7.13. The third kappa shape index (κ3) is 3.18. The number of carbonyl (C=O) groups is 1. The second kappa shape index (κ2) is 5.80. The van der Waals surface area contributed by atoms with Crippen LogP contribution in [-0.2, 0) is 0 Å². The Hall–Kier alpha value is -0.650. The van der Waals surface area contributed by atoms with Crippen molar-refractivity contribution in [1.29, 1.82) is 0 Å². The molecule has 0 bridgehead atoms. The molecule has 1 aliphatic rings. The molecule has 0 radical (unpaired) electrons. The molecule has 1 amide bonds. The highest BCUT2D eigenvalue weighted by Crippen LogP contribution is 2.20. The van der Waals surface area contributed by atoms with Crippen molar-refractivity contribution in [2.24, 2.45) is 11.7 Å². The summed E-state index contributed by atoms with van der Waals surface area (Å²) in [6, 6.07) is 0.229. The van der Waals surface area contributed by atoms with E-state index in [9.17, 15) is 4.79 Å². The van der Waals surface area contributed by atoms with Gasteiger partial charge in [-0.3, -0.25) is 4.79 Å². The number of piperidine rings is 1. The van der Waals surface area contributed by atoms with E-state index in [2.05, 4.69) is 11.9 Å². The van der Waals surface area contributed by atoms with E-state index >= 15 is 0 Å². The van der Waals surface area contributed by atoms with Crippen molar-refractivity contribution in [3.63, 3.8) is 0 Å². The fraction of sp³-hybridized carbons (Fsp3) is 0.636. The maximum absolute atomic E-state index is 12.1. The summed E-state index contributed by atoms with van der Waals surface area (Å²) < 4.78 is 0. The molecule has 2 rings (SSSR count). The predicted octanol–water partition coefficient (Wildman–Crippen LogP) is 1.68. The van der Waals surface area contributed by atoms with Crippen molar-refractivity contribution in [2.75, 3.05) is 13.1 Å². The Morgan fingerprint density at radius 2 is 2.35 bits per heavy atom. The molecule has 1 aliphatic heterocycles. The van der Waals surface area contributed by atoms with Crippen LogP contribution in [0.4, 0.5) is 0 Å². The molecule has 0 aliphatic carbocycles.